The SMILES string of the molecule is CCCOc1ncccc1CNC(=O)c1cnn(-c2ccc(Br)cc2)c1C. The monoisotopic (exact) mass is 428 g/mol. The second-order valence-electron chi connectivity index (χ2n) is 6.03. The van der Waals surface area contributed by atoms with Gasteiger partial charge in [0.15, 0.2) is 0 Å². The fourth-order valence-electron chi connectivity index (χ4n) is 2.63. The van der Waals surface area contributed by atoms with Crippen molar-refractivity contribution < 1.29 is 9.53 Å². The van der Waals surface area contributed by atoms with Gasteiger partial charge in [-0.15, -0.1) is 0 Å². The molecule has 0 fully saturated rings. The van der Waals surface area contributed by atoms with E-state index < -0.39 is 0 Å². The molecular formula is C20H21BrN4O2. The molecule has 0 radical (unpaired) electrons. The molecule has 2 aromatic heterocycles. The van der Waals surface area contributed by atoms with Gasteiger partial charge in [-0.1, -0.05) is 28.9 Å². The third-order valence-electron chi connectivity index (χ3n) is 4.06. The Balaban J connectivity index is 1.72. The van der Waals surface area contributed by atoms with Crippen LogP contribution in [-0.2, 0) is 6.54 Å². The molecule has 1 N–H and O–H groups in total. The number of carbonyl (C=O) groups is 1. The van der Waals surface area contributed by atoms with E-state index in [1.54, 1.807) is 17.1 Å². The van der Waals surface area contributed by atoms with Crippen LogP contribution in [0.2, 0.25) is 0 Å². The molecule has 0 aliphatic carbocycles. The number of ether oxygens (including phenoxy) is 1. The third-order valence-corrected chi connectivity index (χ3v) is 4.59. The summed E-state index contributed by atoms with van der Waals surface area (Å²) in [5.41, 5.74) is 3.07. The van der Waals surface area contributed by atoms with Crippen LogP contribution < -0.4 is 10.1 Å². The summed E-state index contributed by atoms with van der Waals surface area (Å²) in [6.45, 7) is 4.85. The minimum absolute atomic E-state index is 0.179. The lowest BCUT2D eigenvalue weighted by Gasteiger charge is -2.10. The Morgan fingerprint density at radius 3 is 2.78 bits per heavy atom. The van der Waals surface area contributed by atoms with Crippen LogP contribution in [0.1, 0.15) is 35.0 Å². The molecule has 0 unspecified atom stereocenters. The maximum Gasteiger partial charge on any atom is 0.255 e. The van der Waals surface area contributed by atoms with Crippen molar-refractivity contribution >= 4 is 21.8 Å². The van der Waals surface area contributed by atoms with Gasteiger partial charge in [0.2, 0.25) is 5.88 Å². The van der Waals surface area contributed by atoms with E-state index in [1.807, 2.05) is 50.2 Å². The summed E-state index contributed by atoms with van der Waals surface area (Å²) in [6, 6.07) is 11.5. The molecule has 2 heterocycles. The Morgan fingerprint density at radius 2 is 2.04 bits per heavy atom. The van der Waals surface area contributed by atoms with Gasteiger partial charge in [0, 0.05) is 22.8 Å². The van der Waals surface area contributed by atoms with E-state index >= 15 is 0 Å². The van der Waals surface area contributed by atoms with E-state index in [0.717, 1.165) is 27.8 Å². The first-order valence-corrected chi connectivity index (χ1v) is 9.55. The number of nitrogens with one attached hydrogen (secondary N) is 1. The summed E-state index contributed by atoms with van der Waals surface area (Å²) in [6.07, 6.45) is 4.17. The van der Waals surface area contributed by atoms with Crippen molar-refractivity contribution in [1.29, 1.82) is 0 Å². The fourth-order valence-corrected chi connectivity index (χ4v) is 2.90. The molecule has 0 bridgehead atoms. The molecule has 27 heavy (non-hydrogen) atoms. The van der Waals surface area contributed by atoms with E-state index in [9.17, 15) is 4.79 Å². The van der Waals surface area contributed by atoms with Crippen molar-refractivity contribution in [2.45, 2.75) is 26.8 Å². The zero-order chi connectivity index (χ0) is 19.2. The summed E-state index contributed by atoms with van der Waals surface area (Å²) in [4.78, 5) is 16.9. The molecule has 1 aromatic carbocycles. The van der Waals surface area contributed by atoms with Crippen molar-refractivity contribution in [3.63, 3.8) is 0 Å². The van der Waals surface area contributed by atoms with E-state index in [-0.39, 0.29) is 5.91 Å². The Labute approximate surface area is 166 Å². The van der Waals surface area contributed by atoms with Gasteiger partial charge in [-0.2, -0.15) is 5.10 Å². The van der Waals surface area contributed by atoms with Gasteiger partial charge < -0.3 is 10.1 Å². The minimum atomic E-state index is -0.179. The highest BCUT2D eigenvalue weighted by Gasteiger charge is 2.16. The van der Waals surface area contributed by atoms with Gasteiger partial charge in [-0.25, -0.2) is 9.67 Å². The number of rotatable bonds is 7. The number of hydrogen-bond acceptors (Lipinski definition) is 4. The van der Waals surface area contributed by atoms with Crippen molar-refractivity contribution in [3.8, 4) is 11.6 Å². The number of hydrogen-bond donors (Lipinski definition) is 1. The summed E-state index contributed by atoms with van der Waals surface area (Å²) < 4.78 is 8.38. The lowest BCUT2D eigenvalue weighted by molar-refractivity contribution is 0.0950. The zero-order valence-corrected chi connectivity index (χ0v) is 16.9. The van der Waals surface area contributed by atoms with Crippen molar-refractivity contribution in [3.05, 3.63) is 70.1 Å². The third kappa shape index (κ3) is 4.54. The van der Waals surface area contributed by atoms with Crippen molar-refractivity contribution in [2.75, 3.05) is 6.61 Å². The summed E-state index contributed by atoms with van der Waals surface area (Å²) in [5, 5.41) is 7.28. The number of halogens is 1. The number of amides is 1. The molecule has 0 spiro atoms. The second kappa shape index (κ2) is 8.81. The second-order valence-corrected chi connectivity index (χ2v) is 6.95. The van der Waals surface area contributed by atoms with Gasteiger partial charge in [-0.05, 0) is 43.7 Å². The molecular weight excluding hydrogens is 408 g/mol. The van der Waals surface area contributed by atoms with Crippen LogP contribution >= 0.6 is 15.9 Å². The molecule has 3 aromatic rings. The van der Waals surface area contributed by atoms with Gasteiger partial charge >= 0.3 is 0 Å². The highest BCUT2D eigenvalue weighted by atomic mass is 79.9. The van der Waals surface area contributed by atoms with E-state index in [4.69, 9.17) is 4.74 Å². The highest BCUT2D eigenvalue weighted by molar-refractivity contribution is 9.10. The zero-order valence-electron chi connectivity index (χ0n) is 15.3. The number of nitrogens with zero attached hydrogens (tertiary/aromatic N) is 3. The van der Waals surface area contributed by atoms with Gasteiger partial charge in [0.1, 0.15) is 0 Å². The lowest BCUT2D eigenvalue weighted by atomic mass is 10.2. The van der Waals surface area contributed by atoms with Crippen LogP contribution in [0, 0.1) is 6.92 Å². The van der Waals surface area contributed by atoms with Gasteiger partial charge in [-0.3, -0.25) is 4.79 Å². The van der Waals surface area contributed by atoms with E-state index in [0.29, 0.717) is 24.6 Å². The Hall–Kier alpha value is -2.67. The average molecular weight is 429 g/mol. The molecule has 0 aliphatic rings. The number of carbonyl (C=O) groups excluding carboxylic acids is 1. The Bertz CT molecular complexity index is 922. The minimum Gasteiger partial charge on any atom is -0.477 e. The first-order valence-electron chi connectivity index (χ1n) is 8.75. The molecule has 0 saturated heterocycles. The largest absolute Gasteiger partial charge is 0.477 e. The maximum absolute atomic E-state index is 12.6. The van der Waals surface area contributed by atoms with Crippen LogP contribution in [0.25, 0.3) is 5.69 Å². The van der Waals surface area contributed by atoms with Crippen LogP contribution in [0.3, 0.4) is 0 Å². The average Bonchev–Trinajstić information content (AvgIpc) is 3.07. The van der Waals surface area contributed by atoms with Crippen LogP contribution in [0.5, 0.6) is 5.88 Å². The number of pyridine rings is 1. The van der Waals surface area contributed by atoms with Crippen LogP contribution in [-0.4, -0.2) is 27.3 Å². The molecule has 0 saturated carbocycles. The lowest BCUT2D eigenvalue weighted by Crippen LogP contribution is -2.24. The van der Waals surface area contributed by atoms with Crippen molar-refractivity contribution in [1.82, 2.24) is 20.1 Å². The first-order chi connectivity index (χ1) is 13.1. The van der Waals surface area contributed by atoms with Crippen LogP contribution in [0.15, 0.2) is 53.3 Å². The molecule has 6 nitrogen and oxygen atoms in total. The summed E-state index contributed by atoms with van der Waals surface area (Å²) in [5.74, 6) is 0.378. The molecule has 7 heteroatoms. The highest BCUT2D eigenvalue weighted by Crippen LogP contribution is 2.18. The fraction of sp³-hybridized carbons (Fsp3) is 0.250. The van der Waals surface area contributed by atoms with Gasteiger partial charge in [0.25, 0.3) is 5.91 Å². The normalized spacial score (nSPS) is 10.6. The predicted molar refractivity (Wildman–Crippen MR) is 107 cm³/mol. The standard InChI is InChI=1S/C20H21BrN4O2/c1-3-11-27-20-15(5-4-10-22-20)12-23-19(26)18-13-24-25(14(18)2)17-8-6-16(21)7-9-17/h4-10,13H,3,11-12H2,1-2H3,(H,23,26). The van der Waals surface area contributed by atoms with Gasteiger partial charge in [0.05, 0.1) is 29.7 Å². The maximum atomic E-state index is 12.6. The topological polar surface area (TPSA) is 69.0 Å². The van der Waals surface area contributed by atoms with Crippen LogP contribution in [0.4, 0.5) is 0 Å². The Morgan fingerprint density at radius 1 is 1.26 bits per heavy atom. The molecule has 3 rings (SSSR count). The molecule has 0 atom stereocenters. The summed E-state index contributed by atoms with van der Waals surface area (Å²) >= 11 is 3.42. The summed E-state index contributed by atoms with van der Waals surface area (Å²) in [7, 11) is 0. The van der Waals surface area contributed by atoms with E-state index in [2.05, 4.69) is 31.3 Å². The molecule has 140 valence electrons. The molecule has 1 amide bonds. The van der Waals surface area contributed by atoms with Crippen molar-refractivity contribution in [2.24, 2.45) is 0 Å². The number of aromatic nitrogens is 3. The molecule has 0 aliphatic heterocycles. The smallest absolute Gasteiger partial charge is 0.255 e. The Kier molecular flexibility index (Phi) is 6.24. The van der Waals surface area contributed by atoms with E-state index in [1.165, 1.54) is 0 Å². The predicted octanol–water partition coefficient (Wildman–Crippen LogP) is 4.06. The number of benzene rings is 1. The quantitative estimate of drug-likeness (QED) is 0.615. The first kappa shape index (κ1) is 19.1.